The fourth-order valence-corrected chi connectivity index (χ4v) is 1.95. The molecule has 3 nitrogen and oxygen atoms in total. The van der Waals surface area contributed by atoms with Crippen LogP contribution in [0.1, 0.15) is 29.6 Å². The summed E-state index contributed by atoms with van der Waals surface area (Å²) in [6.07, 6.45) is 0.916. The molecule has 0 aromatic heterocycles. The number of halogens is 2. The van der Waals surface area contributed by atoms with Crippen LogP contribution in [0, 0.1) is 5.82 Å². The van der Waals surface area contributed by atoms with Crippen molar-refractivity contribution < 1.29 is 19.1 Å². The Morgan fingerprint density at radius 1 is 1.29 bits per heavy atom. The largest absolute Gasteiger partial charge is 0.481 e. The van der Waals surface area contributed by atoms with Crippen molar-refractivity contribution in [3.05, 3.63) is 35.6 Å². The smallest absolute Gasteiger partial charge is 0.303 e. The average molecular weight is 303 g/mol. The molecule has 0 fully saturated rings. The van der Waals surface area contributed by atoms with Crippen LogP contribution in [0.25, 0.3) is 0 Å². The molecule has 0 bridgehead atoms. The number of carboxylic acid groups (broad SMARTS) is 1. The van der Waals surface area contributed by atoms with Gasteiger partial charge in [0.05, 0.1) is 4.83 Å². The molecular formula is C12H12BrFO3. The van der Waals surface area contributed by atoms with Crippen molar-refractivity contribution in [3.63, 3.8) is 0 Å². The van der Waals surface area contributed by atoms with Gasteiger partial charge >= 0.3 is 5.97 Å². The van der Waals surface area contributed by atoms with Crippen LogP contribution in [0.2, 0.25) is 0 Å². The number of carbonyl (C=O) groups excluding carboxylic acids is 1. The minimum Gasteiger partial charge on any atom is -0.481 e. The van der Waals surface area contributed by atoms with Gasteiger partial charge < -0.3 is 5.11 Å². The number of carbonyl (C=O) groups is 2. The molecule has 0 saturated carbocycles. The zero-order valence-corrected chi connectivity index (χ0v) is 10.6. The highest BCUT2D eigenvalue weighted by atomic mass is 79.9. The van der Waals surface area contributed by atoms with Gasteiger partial charge in [-0.25, -0.2) is 4.39 Å². The summed E-state index contributed by atoms with van der Waals surface area (Å²) in [6.45, 7) is 0. The van der Waals surface area contributed by atoms with Crippen molar-refractivity contribution in [3.8, 4) is 0 Å². The van der Waals surface area contributed by atoms with E-state index in [0.29, 0.717) is 18.4 Å². The van der Waals surface area contributed by atoms with Gasteiger partial charge in [-0.05, 0) is 37.1 Å². The van der Waals surface area contributed by atoms with Crippen molar-refractivity contribution in [1.29, 1.82) is 0 Å². The third-order valence-electron chi connectivity index (χ3n) is 2.26. The summed E-state index contributed by atoms with van der Waals surface area (Å²) >= 11 is 3.21. The van der Waals surface area contributed by atoms with Crippen LogP contribution in [-0.2, 0) is 4.79 Å². The summed E-state index contributed by atoms with van der Waals surface area (Å²) in [4.78, 5) is 21.7. The minimum atomic E-state index is -0.876. The van der Waals surface area contributed by atoms with Crippen molar-refractivity contribution in [2.45, 2.75) is 24.1 Å². The zero-order valence-electron chi connectivity index (χ0n) is 9.03. The van der Waals surface area contributed by atoms with Gasteiger partial charge in [0.25, 0.3) is 0 Å². The first kappa shape index (κ1) is 13.8. The zero-order chi connectivity index (χ0) is 12.8. The topological polar surface area (TPSA) is 54.4 Å². The molecule has 1 aromatic carbocycles. The van der Waals surface area contributed by atoms with E-state index < -0.39 is 16.6 Å². The highest BCUT2D eigenvalue weighted by Gasteiger charge is 2.16. The van der Waals surface area contributed by atoms with Gasteiger partial charge in [0.1, 0.15) is 5.82 Å². The van der Waals surface area contributed by atoms with E-state index >= 15 is 0 Å². The predicted molar refractivity (Wildman–Crippen MR) is 64.9 cm³/mol. The number of hydrogen-bond acceptors (Lipinski definition) is 2. The van der Waals surface area contributed by atoms with E-state index in [0.717, 1.165) is 0 Å². The monoisotopic (exact) mass is 302 g/mol. The summed E-state index contributed by atoms with van der Waals surface area (Å²) in [5.74, 6) is -1.42. The van der Waals surface area contributed by atoms with Crippen molar-refractivity contribution in [2.24, 2.45) is 0 Å². The number of alkyl halides is 1. The molecule has 0 saturated heterocycles. The Morgan fingerprint density at radius 2 is 1.88 bits per heavy atom. The van der Waals surface area contributed by atoms with E-state index in [1.54, 1.807) is 0 Å². The van der Waals surface area contributed by atoms with Gasteiger partial charge in [0, 0.05) is 12.0 Å². The minimum absolute atomic E-state index is 0.0405. The second kappa shape index (κ2) is 6.49. The standard InChI is InChI=1S/C12H12BrFO3/c13-10(2-1-3-11(15)16)12(17)8-4-6-9(14)7-5-8/h4-7,10H,1-3H2,(H,15,16). The number of aliphatic carboxylic acids is 1. The lowest BCUT2D eigenvalue weighted by atomic mass is 10.0. The van der Waals surface area contributed by atoms with Gasteiger partial charge in [-0.15, -0.1) is 0 Å². The molecule has 0 spiro atoms. The fourth-order valence-electron chi connectivity index (χ4n) is 1.36. The van der Waals surface area contributed by atoms with Crippen LogP contribution in [0.5, 0.6) is 0 Å². The second-order valence-electron chi connectivity index (χ2n) is 3.62. The predicted octanol–water partition coefficient (Wildman–Crippen LogP) is 3.03. The quantitative estimate of drug-likeness (QED) is 0.649. The normalized spacial score (nSPS) is 12.1. The van der Waals surface area contributed by atoms with E-state index in [4.69, 9.17) is 5.11 Å². The third-order valence-corrected chi connectivity index (χ3v) is 3.14. The molecule has 0 radical (unpaired) electrons. The molecule has 0 aliphatic rings. The Bertz CT molecular complexity index is 403. The third kappa shape index (κ3) is 4.65. The lowest BCUT2D eigenvalue weighted by molar-refractivity contribution is -0.137. The molecule has 1 N–H and O–H groups in total. The van der Waals surface area contributed by atoms with Crippen molar-refractivity contribution >= 4 is 27.7 Å². The molecule has 0 aliphatic carbocycles. The average Bonchev–Trinajstić information content (AvgIpc) is 2.28. The Balaban J connectivity index is 2.51. The Morgan fingerprint density at radius 3 is 2.41 bits per heavy atom. The first-order valence-corrected chi connectivity index (χ1v) is 6.08. The molecule has 5 heteroatoms. The second-order valence-corrected chi connectivity index (χ2v) is 4.73. The highest BCUT2D eigenvalue weighted by molar-refractivity contribution is 9.10. The molecule has 0 aliphatic heterocycles. The Hall–Kier alpha value is -1.23. The van der Waals surface area contributed by atoms with Crippen LogP contribution < -0.4 is 0 Å². The van der Waals surface area contributed by atoms with Crippen LogP contribution in [0.3, 0.4) is 0 Å². The Labute approximate surface area is 107 Å². The van der Waals surface area contributed by atoms with Crippen LogP contribution in [0.4, 0.5) is 4.39 Å². The van der Waals surface area contributed by atoms with Crippen LogP contribution in [0.15, 0.2) is 24.3 Å². The highest BCUT2D eigenvalue weighted by Crippen LogP contribution is 2.16. The van der Waals surface area contributed by atoms with Gasteiger partial charge in [-0.2, -0.15) is 0 Å². The number of ketones is 1. The Kier molecular flexibility index (Phi) is 5.28. The van der Waals surface area contributed by atoms with E-state index in [1.807, 2.05) is 0 Å². The lowest BCUT2D eigenvalue weighted by Gasteiger charge is -2.07. The molecule has 1 unspecified atom stereocenters. The van der Waals surface area contributed by atoms with Crippen molar-refractivity contribution in [1.82, 2.24) is 0 Å². The molecule has 1 aromatic rings. The first-order valence-electron chi connectivity index (χ1n) is 5.16. The summed E-state index contributed by atoms with van der Waals surface area (Å²) in [7, 11) is 0. The van der Waals surface area contributed by atoms with Crippen LogP contribution >= 0.6 is 15.9 Å². The molecular weight excluding hydrogens is 291 g/mol. The van der Waals surface area contributed by atoms with E-state index in [-0.39, 0.29) is 12.2 Å². The first-order chi connectivity index (χ1) is 8.00. The van der Waals surface area contributed by atoms with Crippen LogP contribution in [-0.4, -0.2) is 21.7 Å². The van der Waals surface area contributed by atoms with Gasteiger partial charge in [-0.3, -0.25) is 9.59 Å². The maximum Gasteiger partial charge on any atom is 0.303 e. The fraction of sp³-hybridized carbons (Fsp3) is 0.333. The summed E-state index contributed by atoms with van der Waals surface area (Å²) in [5, 5.41) is 8.47. The summed E-state index contributed by atoms with van der Waals surface area (Å²) in [6, 6.07) is 5.29. The molecule has 17 heavy (non-hydrogen) atoms. The molecule has 1 atom stereocenters. The number of rotatable bonds is 6. The summed E-state index contributed by atoms with van der Waals surface area (Å²) in [5.41, 5.74) is 0.420. The summed E-state index contributed by atoms with van der Waals surface area (Å²) < 4.78 is 12.7. The lowest BCUT2D eigenvalue weighted by Crippen LogP contribution is -2.14. The van der Waals surface area contributed by atoms with Gasteiger partial charge in [0.15, 0.2) is 5.78 Å². The van der Waals surface area contributed by atoms with E-state index in [2.05, 4.69) is 15.9 Å². The number of benzene rings is 1. The van der Waals surface area contributed by atoms with E-state index in [9.17, 15) is 14.0 Å². The molecule has 0 amide bonds. The molecule has 0 heterocycles. The molecule has 1 rings (SSSR count). The maximum atomic E-state index is 12.7. The van der Waals surface area contributed by atoms with E-state index in [1.165, 1.54) is 24.3 Å². The maximum absolute atomic E-state index is 12.7. The SMILES string of the molecule is O=C(O)CCCC(Br)C(=O)c1ccc(F)cc1. The number of Topliss-reactive ketones (excluding diaryl/α,β-unsaturated/α-hetero) is 1. The van der Waals surface area contributed by atoms with Gasteiger partial charge in [0.2, 0.25) is 0 Å². The molecule has 92 valence electrons. The van der Waals surface area contributed by atoms with Gasteiger partial charge in [-0.1, -0.05) is 15.9 Å². The number of carboxylic acids is 1. The number of hydrogen-bond donors (Lipinski definition) is 1. The van der Waals surface area contributed by atoms with Crippen molar-refractivity contribution in [2.75, 3.05) is 0 Å².